The fraction of sp³-hybridized carbons (Fsp3) is 0.400. The van der Waals surface area contributed by atoms with Crippen molar-refractivity contribution < 1.29 is 0 Å². The van der Waals surface area contributed by atoms with Crippen LogP contribution >= 0.6 is 0 Å². The van der Waals surface area contributed by atoms with Gasteiger partial charge in [0.15, 0.2) is 0 Å². The molecule has 3 heteroatoms. The molecule has 1 heterocycles. The molecule has 0 unspecified atom stereocenters. The molecular weight excluding hydrogens is 222 g/mol. The summed E-state index contributed by atoms with van der Waals surface area (Å²) in [6.45, 7) is 9.21. The smallest absolute Gasteiger partial charge is 0.0571 e. The SMILES string of the molecule is CCNCc1cccc(-c2cnn(CC)c2C)c1. The monoisotopic (exact) mass is 243 g/mol. The van der Waals surface area contributed by atoms with Crippen LogP contribution in [0.25, 0.3) is 11.1 Å². The lowest BCUT2D eigenvalue weighted by atomic mass is 10.0. The fourth-order valence-corrected chi connectivity index (χ4v) is 2.17. The van der Waals surface area contributed by atoms with Gasteiger partial charge < -0.3 is 5.32 Å². The van der Waals surface area contributed by atoms with E-state index in [9.17, 15) is 0 Å². The van der Waals surface area contributed by atoms with Crippen LogP contribution in [0.3, 0.4) is 0 Å². The summed E-state index contributed by atoms with van der Waals surface area (Å²) in [5.41, 5.74) is 5.04. The molecule has 3 nitrogen and oxygen atoms in total. The Morgan fingerprint density at radius 2 is 2.11 bits per heavy atom. The number of hydrogen-bond acceptors (Lipinski definition) is 2. The highest BCUT2D eigenvalue weighted by molar-refractivity contribution is 5.65. The van der Waals surface area contributed by atoms with Gasteiger partial charge in [0.2, 0.25) is 0 Å². The summed E-state index contributed by atoms with van der Waals surface area (Å²) in [4.78, 5) is 0. The van der Waals surface area contributed by atoms with Crippen molar-refractivity contribution in [3.05, 3.63) is 41.7 Å². The average molecular weight is 243 g/mol. The molecular formula is C15H21N3. The Labute approximate surface area is 109 Å². The van der Waals surface area contributed by atoms with Gasteiger partial charge in [-0.2, -0.15) is 5.10 Å². The van der Waals surface area contributed by atoms with Gasteiger partial charge in [-0.25, -0.2) is 0 Å². The summed E-state index contributed by atoms with van der Waals surface area (Å²) in [6.07, 6.45) is 1.96. The molecule has 0 radical (unpaired) electrons. The Bertz CT molecular complexity index is 514. The normalized spacial score (nSPS) is 10.8. The van der Waals surface area contributed by atoms with Crippen molar-refractivity contribution in [1.82, 2.24) is 15.1 Å². The molecule has 0 aliphatic heterocycles. The maximum absolute atomic E-state index is 4.40. The molecule has 1 aromatic heterocycles. The standard InChI is InChI=1S/C15H21N3/c1-4-16-10-13-7-6-8-14(9-13)15-11-17-18(5-2)12(15)3/h6-9,11,16H,4-5,10H2,1-3H3. The van der Waals surface area contributed by atoms with Crippen molar-refractivity contribution in [2.45, 2.75) is 33.9 Å². The average Bonchev–Trinajstić information content (AvgIpc) is 2.78. The van der Waals surface area contributed by atoms with E-state index in [1.165, 1.54) is 22.4 Å². The van der Waals surface area contributed by atoms with E-state index < -0.39 is 0 Å². The van der Waals surface area contributed by atoms with Gasteiger partial charge in [-0.1, -0.05) is 25.1 Å². The maximum Gasteiger partial charge on any atom is 0.0571 e. The van der Waals surface area contributed by atoms with Crippen LogP contribution < -0.4 is 5.32 Å². The van der Waals surface area contributed by atoms with Gasteiger partial charge in [-0.3, -0.25) is 4.68 Å². The number of nitrogens with zero attached hydrogens (tertiary/aromatic N) is 2. The molecule has 0 bridgehead atoms. The first-order chi connectivity index (χ1) is 8.76. The highest BCUT2D eigenvalue weighted by atomic mass is 15.3. The third-order valence-electron chi connectivity index (χ3n) is 3.22. The van der Waals surface area contributed by atoms with E-state index in [1.807, 2.05) is 10.9 Å². The van der Waals surface area contributed by atoms with Crippen LogP contribution in [0, 0.1) is 6.92 Å². The summed E-state index contributed by atoms with van der Waals surface area (Å²) in [6, 6.07) is 8.67. The topological polar surface area (TPSA) is 29.9 Å². The zero-order valence-corrected chi connectivity index (χ0v) is 11.4. The van der Waals surface area contributed by atoms with Crippen LogP contribution in [0.2, 0.25) is 0 Å². The Morgan fingerprint density at radius 3 is 2.78 bits per heavy atom. The predicted molar refractivity (Wildman–Crippen MR) is 75.5 cm³/mol. The molecule has 0 saturated carbocycles. The molecule has 0 atom stereocenters. The minimum atomic E-state index is 0.920. The second-order valence-electron chi connectivity index (χ2n) is 4.44. The van der Waals surface area contributed by atoms with Crippen molar-refractivity contribution in [3.63, 3.8) is 0 Å². The third-order valence-corrected chi connectivity index (χ3v) is 3.22. The first-order valence-electron chi connectivity index (χ1n) is 6.58. The Balaban J connectivity index is 2.29. The maximum atomic E-state index is 4.40. The van der Waals surface area contributed by atoms with Gasteiger partial charge in [-0.05, 0) is 37.6 Å². The van der Waals surface area contributed by atoms with E-state index in [-0.39, 0.29) is 0 Å². The quantitative estimate of drug-likeness (QED) is 0.875. The van der Waals surface area contributed by atoms with Crippen molar-refractivity contribution in [2.75, 3.05) is 6.54 Å². The molecule has 0 aliphatic carbocycles. The molecule has 0 aliphatic rings. The predicted octanol–water partition coefficient (Wildman–Crippen LogP) is 2.99. The zero-order chi connectivity index (χ0) is 13.0. The summed E-state index contributed by atoms with van der Waals surface area (Å²) >= 11 is 0. The molecule has 0 fully saturated rings. The first kappa shape index (κ1) is 12.8. The van der Waals surface area contributed by atoms with E-state index in [2.05, 4.69) is 55.5 Å². The van der Waals surface area contributed by atoms with Crippen molar-refractivity contribution in [1.29, 1.82) is 0 Å². The summed E-state index contributed by atoms with van der Waals surface area (Å²) < 4.78 is 2.03. The Morgan fingerprint density at radius 1 is 1.28 bits per heavy atom. The number of rotatable bonds is 5. The molecule has 18 heavy (non-hydrogen) atoms. The fourth-order valence-electron chi connectivity index (χ4n) is 2.17. The lowest BCUT2D eigenvalue weighted by molar-refractivity contribution is 0.640. The lowest BCUT2D eigenvalue weighted by Crippen LogP contribution is -2.11. The minimum absolute atomic E-state index is 0.920. The minimum Gasteiger partial charge on any atom is -0.313 e. The molecule has 1 aromatic carbocycles. The number of aryl methyl sites for hydroxylation is 1. The summed E-state index contributed by atoms with van der Waals surface area (Å²) in [7, 11) is 0. The zero-order valence-electron chi connectivity index (χ0n) is 11.4. The first-order valence-corrected chi connectivity index (χ1v) is 6.58. The Kier molecular flexibility index (Phi) is 4.15. The molecule has 1 N–H and O–H groups in total. The van der Waals surface area contributed by atoms with Crippen LogP contribution in [-0.4, -0.2) is 16.3 Å². The van der Waals surface area contributed by atoms with Crippen LogP contribution in [0.4, 0.5) is 0 Å². The molecule has 2 rings (SSSR count). The Hall–Kier alpha value is -1.61. The van der Waals surface area contributed by atoms with E-state index in [0.717, 1.165) is 19.6 Å². The highest BCUT2D eigenvalue weighted by Gasteiger charge is 2.07. The number of aromatic nitrogens is 2. The molecule has 96 valence electrons. The molecule has 0 saturated heterocycles. The van der Waals surface area contributed by atoms with Gasteiger partial charge in [0, 0.05) is 24.3 Å². The van der Waals surface area contributed by atoms with Crippen molar-refractivity contribution in [2.24, 2.45) is 0 Å². The second-order valence-corrected chi connectivity index (χ2v) is 4.44. The third kappa shape index (κ3) is 2.62. The van der Waals surface area contributed by atoms with E-state index in [1.54, 1.807) is 0 Å². The summed E-state index contributed by atoms with van der Waals surface area (Å²) in [5.74, 6) is 0. The van der Waals surface area contributed by atoms with Crippen LogP contribution in [-0.2, 0) is 13.1 Å². The van der Waals surface area contributed by atoms with E-state index >= 15 is 0 Å². The lowest BCUT2D eigenvalue weighted by Gasteiger charge is -2.06. The van der Waals surface area contributed by atoms with Crippen LogP contribution in [0.1, 0.15) is 25.1 Å². The van der Waals surface area contributed by atoms with Crippen LogP contribution in [0.15, 0.2) is 30.5 Å². The molecule has 2 aromatic rings. The second kappa shape index (κ2) is 5.83. The van der Waals surface area contributed by atoms with Gasteiger partial charge in [0.05, 0.1) is 6.20 Å². The number of benzene rings is 1. The molecule has 0 spiro atoms. The summed E-state index contributed by atoms with van der Waals surface area (Å²) in [5, 5.41) is 7.76. The number of hydrogen-bond donors (Lipinski definition) is 1. The van der Waals surface area contributed by atoms with E-state index in [0.29, 0.717) is 0 Å². The van der Waals surface area contributed by atoms with Crippen molar-refractivity contribution in [3.8, 4) is 11.1 Å². The highest BCUT2D eigenvalue weighted by Crippen LogP contribution is 2.23. The van der Waals surface area contributed by atoms with Crippen LogP contribution in [0.5, 0.6) is 0 Å². The van der Waals surface area contributed by atoms with Gasteiger partial charge in [0.1, 0.15) is 0 Å². The van der Waals surface area contributed by atoms with Gasteiger partial charge in [0.25, 0.3) is 0 Å². The number of nitrogens with one attached hydrogen (secondary N) is 1. The molecule has 0 amide bonds. The van der Waals surface area contributed by atoms with Gasteiger partial charge >= 0.3 is 0 Å². The van der Waals surface area contributed by atoms with Crippen molar-refractivity contribution >= 4 is 0 Å². The van der Waals surface area contributed by atoms with E-state index in [4.69, 9.17) is 0 Å². The largest absolute Gasteiger partial charge is 0.313 e. The van der Waals surface area contributed by atoms with Gasteiger partial charge in [-0.15, -0.1) is 0 Å².